The predicted octanol–water partition coefficient (Wildman–Crippen LogP) is 10.2. The number of rotatable bonds is 8. The Kier molecular flexibility index (Phi) is 8.11. The summed E-state index contributed by atoms with van der Waals surface area (Å²) in [5.41, 5.74) is 6.54. The highest BCUT2D eigenvalue weighted by molar-refractivity contribution is 6.43. The molecule has 0 fully saturated rings. The zero-order valence-electron chi connectivity index (χ0n) is 29.0. The summed E-state index contributed by atoms with van der Waals surface area (Å²) in [4.78, 5) is 61.5. The molecule has 0 unspecified atom stereocenters. The number of benzene rings is 4. The molecular formula is C42H42N2O4. The van der Waals surface area contributed by atoms with E-state index >= 15 is 0 Å². The van der Waals surface area contributed by atoms with Crippen LogP contribution in [0.2, 0.25) is 0 Å². The first-order valence-corrected chi connectivity index (χ1v) is 16.7. The van der Waals surface area contributed by atoms with Crippen molar-refractivity contribution < 1.29 is 19.2 Å². The summed E-state index contributed by atoms with van der Waals surface area (Å²) >= 11 is 0. The van der Waals surface area contributed by atoms with Crippen LogP contribution in [0.4, 0.5) is 11.4 Å². The van der Waals surface area contributed by atoms with E-state index in [0.29, 0.717) is 33.3 Å². The Morgan fingerprint density at radius 1 is 0.500 bits per heavy atom. The second kappa shape index (κ2) is 11.9. The molecule has 48 heavy (non-hydrogen) atoms. The Bertz CT molecular complexity index is 1910. The van der Waals surface area contributed by atoms with Gasteiger partial charge in [-0.05, 0) is 69.2 Å². The molecular weight excluding hydrogens is 596 g/mol. The third-order valence-electron chi connectivity index (χ3n) is 9.74. The van der Waals surface area contributed by atoms with E-state index in [1.807, 2.05) is 91.8 Å². The highest BCUT2D eigenvalue weighted by Gasteiger charge is 2.45. The molecule has 6 heteroatoms. The highest BCUT2D eigenvalue weighted by Crippen LogP contribution is 2.47. The fourth-order valence-corrected chi connectivity index (χ4v) is 7.39. The van der Waals surface area contributed by atoms with E-state index in [4.69, 9.17) is 0 Å². The van der Waals surface area contributed by atoms with Crippen molar-refractivity contribution in [3.8, 4) is 0 Å². The molecule has 244 valence electrons. The Labute approximate surface area is 282 Å². The Morgan fingerprint density at radius 2 is 0.792 bits per heavy atom. The van der Waals surface area contributed by atoms with Gasteiger partial charge in [0.15, 0.2) is 0 Å². The monoisotopic (exact) mass is 638 g/mol. The van der Waals surface area contributed by atoms with E-state index in [9.17, 15) is 19.2 Å². The van der Waals surface area contributed by atoms with E-state index in [1.54, 1.807) is 24.3 Å². The molecule has 0 N–H and O–H groups in total. The van der Waals surface area contributed by atoms with Gasteiger partial charge in [0.2, 0.25) is 0 Å². The lowest BCUT2D eigenvalue weighted by molar-refractivity contribution is 0.0872. The Hall–Kier alpha value is -5.10. The van der Waals surface area contributed by atoms with E-state index in [0.717, 1.165) is 22.3 Å². The number of para-hydroxylation sites is 2. The van der Waals surface area contributed by atoms with Crippen LogP contribution in [-0.2, 0) is 0 Å². The molecule has 0 saturated heterocycles. The Balaban J connectivity index is 1.70. The smallest absolute Gasteiger partial charge is 0.266 e. The van der Waals surface area contributed by atoms with Gasteiger partial charge in [-0.15, -0.1) is 0 Å². The van der Waals surface area contributed by atoms with Crippen LogP contribution < -0.4 is 9.80 Å². The normalized spacial score (nSPS) is 14.4. The third kappa shape index (κ3) is 4.61. The number of nitrogens with zero attached hydrogens (tertiary/aromatic N) is 2. The number of imide groups is 2. The van der Waals surface area contributed by atoms with Crippen LogP contribution in [-0.4, -0.2) is 23.6 Å². The summed E-state index contributed by atoms with van der Waals surface area (Å²) in [6, 6.07) is 15.1. The van der Waals surface area contributed by atoms with Gasteiger partial charge >= 0.3 is 0 Å². The topological polar surface area (TPSA) is 74.8 Å². The first kappa shape index (κ1) is 32.8. The second-order valence-corrected chi connectivity index (χ2v) is 14.0. The van der Waals surface area contributed by atoms with Crippen molar-refractivity contribution in [1.29, 1.82) is 0 Å². The minimum Gasteiger partial charge on any atom is -0.268 e. The molecule has 0 bridgehead atoms. The average molecular weight is 639 g/mol. The van der Waals surface area contributed by atoms with Gasteiger partial charge in [0.25, 0.3) is 23.6 Å². The second-order valence-electron chi connectivity index (χ2n) is 14.0. The van der Waals surface area contributed by atoms with Gasteiger partial charge < -0.3 is 0 Å². The number of carbonyl (C=O) groups is 4. The van der Waals surface area contributed by atoms with E-state index < -0.39 is 23.6 Å². The first-order valence-electron chi connectivity index (χ1n) is 16.7. The average Bonchev–Trinajstić information content (AvgIpc) is 3.05. The van der Waals surface area contributed by atoms with Crippen LogP contribution >= 0.6 is 0 Å². The number of hydrogen-bond acceptors (Lipinski definition) is 4. The molecule has 2 aliphatic rings. The molecule has 6 nitrogen and oxygen atoms in total. The molecule has 0 aromatic heterocycles. The van der Waals surface area contributed by atoms with Gasteiger partial charge in [-0.2, -0.15) is 0 Å². The van der Waals surface area contributed by atoms with E-state index in [2.05, 4.69) is 13.2 Å². The molecule has 4 aromatic carbocycles. The number of anilines is 2. The van der Waals surface area contributed by atoms with Crippen molar-refractivity contribution in [3.63, 3.8) is 0 Å². The van der Waals surface area contributed by atoms with Gasteiger partial charge in [-0.3, -0.25) is 19.2 Å². The van der Waals surface area contributed by atoms with Crippen LogP contribution in [0.25, 0.3) is 22.9 Å². The summed E-state index contributed by atoms with van der Waals surface area (Å²) in [7, 11) is 0. The van der Waals surface area contributed by atoms with E-state index in [-0.39, 0.29) is 45.9 Å². The fraction of sp³-hybridized carbons (Fsp3) is 0.286. The van der Waals surface area contributed by atoms with Crippen molar-refractivity contribution in [2.75, 3.05) is 9.80 Å². The van der Waals surface area contributed by atoms with Crippen LogP contribution in [0.3, 0.4) is 0 Å². The summed E-state index contributed by atoms with van der Waals surface area (Å²) in [5.74, 6) is -1.88. The lowest BCUT2D eigenvalue weighted by Gasteiger charge is -2.36. The fourth-order valence-electron chi connectivity index (χ4n) is 7.39. The number of amides is 4. The van der Waals surface area contributed by atoms with Crippen LogP contribution in [0.5, 0.6) is 0 Å². The van der Waals surface area contributed by atoms with Gasteiger partial charge in [-0.25, -0.2) is 9.80 Å². The summed E-state index contributed by atoms with van der Waals surface area (Å²) < 4.78 is 0. The third-order valence-corrected chi connectivity index (χ3v) is 9.74. The first-order chi connectivity index (χ1) is 22.8. The summed E-state index contributed by atoms with van der Waals surface area (Å²) in [6.45, 7) is 24.4. The van der Waals surface area contributed by atoms with Crippen molar-refractivity contribution >= 4 is 57.9 Å². The van der Waals surface area contributed by atoms with E-state index in [1.165, 1.54) is 9.80 Å². The Morgan fingerprint density at radius 3 is 1.04 bits per heavy atom. The SMILES string of the molecule is C=Cc1cc2c3c(c(C=C)cc4c3c1C(=O)N(c1c(C(C)C)cccc1C(C)C)C4=O)C(=O)N(c1c(C(C)C)cccc1C(C)C)C2=O. The minimum atomic E-state index is -0.504. The molecule has 2 heterocycles. The zero-order chi connectivity index (χ0) is 34.9. The van der Waals surface area contributed by atoms with Crippen LogP contribution in [0, 0.1) is 0 Å². The van der Waals surface area contributed by atoms with Gasteiger partial charge in [0, 0.05) is 21.9 Å². The predicted molar refractivity (Wildman–Crippen MR) is 196 cm³/mol. The van der Waals surface area contributed by atoms with Gasteiger partial charge in [0.05, 0.1) is 22.5 Å². The van der Waals surface area contributed by atoms with Crippen LogP contribution in [0.15, 0.2) is 61.7 Å². The maximum Gasteiger partial charge on any atom is 0.266 e. The molecule has 0 radical (unpaired) electrons. The molecule has 0 aliphatic carbocycles. The molecule has 0 saturated carbocycles. The standard InChI is InChI=1S/C42H42N2O4/c1-11-25-19-31-36-34(42(48)44(39(31)45)38-29(23(7)8)17-14-18-30(38)24(9)10)26(12-2)20-32-35(36)33(25)41(47)43(40(32)46)37-27(21(3)4)15-13-16-28(37)22(5)6/h11-24H,1-2H2,3-10H3. The lowest BCUT2D eigenvalue weighted by Crippen LogP contribution is -2.45. The molecule has 6 rings (SSSR count). The van der Waals surface area contributed by atoms with Crippen molar-refractivity contribution in [1.82, 2.24) is 0 Å². The quantitative estimate of drug-likeness (QED) is 0.180. The summed E-state index contributed by atoms with van der Waals surface area (Å²) in [6.07, 6.45) is 3.10. The largest absolute Gasteiger partial charge is 0.268 e. The number of hydrogen-bond donors (Lipinski definition) is 0. The maximum atomic E-state index is 14.8. The highest BCUT2D eigenvalue weighted by atomic mass is 16.2. The molecule has 4 amide bonds. The van der Waals surface area contributed by atoms with Crippen molar-refractivity contribution in [2.45, 2.75) is 79.1 Å². The van der Waals surface area contributed by atoms with Crippen molar-refractivity contribution in [3.05, 3.63) is 117 Å². The minimum absolute atomic E-state index is 0.0318. The molecule has 4 aromatic rings. The van der Waals surface area contributed by atoms with Crippen LogP contribution in [0.1, 0.15) is 154 Å². The maximum absolute atomic E-state index is 14.8. The van der Waals surface area contributed by atoms with Gasteiger partial charge in [-0.1, -0.05) is 117 Å². The molecule has 0 spiro atoms. The lowest BCUT2D eigenvalue weighted by atomic mass is 9.80. The summed E-state index contributed by atoms with van der Waals surface area (Å²) in [5, 5.41) is 0.620. The zero-order valence-corrected chi connectivity index (χ0v) is 29.0. The van der Waals surface area contributed by atoms with Gasteiger partial charge in [0.1, 0.15) is 0 Å². The molecule has 0 atom stereocenters. The van der Waals surface area contributed by atoms with Crippen molar-refractivity contribution in [2.24, 2.45) is 0 Å². The molecule has 2 aliphatic heterocycles. The number of carbonyl (C=O) groups excluding carboxylic acids is 4.